The summed E-state index contributed by atoms with van der Waals surface area (Å²) in [6.45, 7) is 3.33. The van der Waals surface area contributed by atoms with Crippen molar-refractivity contribution in [2.75, 3.05) is 45.7 Å². The molecule has 0 radical (unpaired) electrons. The van der Waals surface area contributed by atoms with E-state index in [-0.39, 0.29) is 5.91 Å². The Morgan fingerprint density at radius 3 is 2.48 bits per heavy atom. The van der Waals surface area contributed by atoms with Gasteiger partial charge in [0.2, 0.25) is 5.95 Å². The minimum atomic E-state index is 0.0705. The molecule has 1 saturated heterocycles. The number of rotatable bonds is 5. The van der Waals surface area contributed by atoms with Crippen molar-refractivity contribution in [3.8, 4) is 17.0 Å². The van der Waals surface area contributed by atoms with Crippen LogP contribution in [0.15, 0.2) is 66.9 Å². The van der Waals surface area contributed by atoms with Crippen LogP contribution >= 0.6 is 0 Å². The first-order valence-electron chi connectivity index (χ1n) is 11.0. The van der Waals surface area contributed by atoms with E-state index in [9.17, 15) is 4.79 Å². The van der Waals surface area contributed by atoms with Crippen LogP contribution in [0.4, 0.5) is 11.6 Å². The maximum Gasteiger partial charge on any atom is 0.253 e. The molecule has 168 valence electrons. The Bertz CT molecular complexity index is 1280. The van der Waals surface area contributed by atoms with Gasteiger partial charge >= 0.3 is 0 Å². The van der Waals surface area contributed by atoms with Gasteiger partial charge < -0.3 is 19.9 Å². The van der Waals surface area contributed by atoms with Gasteiger partial charge in [-0.2, -0.15) is 0 Å². The van der Waals surface area contributed by atoms with Gasteiger partial charge in [0, 0.05) is 43.0 Å². The van der Waals surface area contributed by atoms with Crippen molar-refractivity contribution in [3.05, 3.63) is 72.4 Å². The monoisotopic (exact) mass is 442 g/mol. The quantitative estimate of drug-likeness (QED) is 0.510. The lowest BCUT2D eigenvalue weighted by Crippen LogP contribution is -2.47. The van der Waals surface area contributed by atoms with E-state index in [1.165, 1.54) is 0 Å². The number of amides is 1. The molecule has 3 heterocycles. The van der Waals surface area contributed by atoms with E-state index in [4.69, 9.17) is 4.74 Å². The number of benzene rings is 2. The lowest BCUT2D eigenvalue weighted by Gasteiger charge is -2.32. The highest BCUT2D eigenvalue weighted by atomic mass is 16.5. The van der Waals surface area contributed by atoms with Gasteiger partial charge in [-0.25, -0.2) is 9.50 Å². The summed E-state index contributed by atoms with van der Waals surface area (Å²) in [5.41, 5.74) is 4.26. The van der Waals surface area contributed by atoms with Crippen LogP contribution in [0.2, 0.25) is 0 Å². The molecule has 5 rings (SSSR count). The van der Waals surface area contributed by atoms with Crippen molar-refractivity contribution in [1.82, 2.24) is 24.4 Å². The van der Waals surface area contributed by atoms with Crippen LogP contribution in [0, 0.1) is 0 Å². The van der Waals surface area contributed by atoms with Gasteiger partial charge in [-0.3, -0.25) is 4.79 Å². The number of ether oxygens (including phenoxy) is 1. The van der Waals surface area contributed by atoms with E-state index in [0.29, 0.717) is 11.5 Å². The minimum Gasteiger partial charge on any atom is -0.496 e. The number of anilines is 2. The smallest absolute Gasteiger partial charge is 0.253 e. The van der Waals surface area contributed by atoms with Crippen LogP contribution in [-0.4, -0.2) is 70.6 Å². The Kier molecular flexibility index (Phi) is 5.66. The SMILES string of the molecule is COc1ccccc1-c1ccc2cnc(Nc3ccc(C(=O)N4CCN(C)CC4)cc3)nn12. The number of hydrogen-bond acceptors (Lipinski definition) is 6. The first-order valence-corrected chi connectivity index (χ1v) is 11.0. The van der Waals surface area contributed by atoms with Gasteiger partial charge in [0.05, 0.1) is 24.5 Å². The van der Waals surface area contributed by atoms with E-state index in [0.717, 1.165) is 54.4 Å². The topological polar surface area (TPSA) is 75.0 Å². The summed E-state index contributed by atoms with van der Waals surface area (Å²) in [5.74, 6) is 1.32. The van der Waals surface area contributed by atoms with Crippen LogP contribution in [0.25, 0.3) is 16.8 Å². The van der Waals surface area contributed by atoms with E-state index < -0.39 is 0 Å². The third-order valence-corrected chi connectivity index (χ3v) is 5.96. The molecule has 33 heavy (non-hydrogen) atoms. The zero-order valence-electron chi connectivity index (χ0n) is 18.7. The number of fused-ring (bicyclic) bond motifs is 1. The van der Waals surface area contributed by atoms with Gasteiger partial charge in [-0.1, -0.05) is 12.1 Å². The predicted octanol–water partition coefficient (Wildman–Crippen LogP) is 3.54. The number of nitrogens with zero attached hydrogens (tertiary/aromatic N) is 5. The normalized spacial score (nSPS) is 14.4. The first-order chi connectivity index (χ1) is 16.1. The van der Waals surface area contributed by atoms with Crippen molar-refractivity contribution in [2.24, 2.45) is 0 Å². The third kappa shape index (κ3) is 4.25. The number of piperazine rings is 1. The number of likely N-dealkylation sites (N-methyl/N-ethyl adjacent to an activating group) is 1. The van der Waals surface area contributed by atoms with Crippen molar-refractivity contribution in [1.29, 1.82) is 0 Å². The van der Waals surface area contributed by atoms with E-state index in [1.54, 1.807) is 13.3 Å². The van der Waals surface area contributed by atoms with E-state index in [1.807, 2.05) is 70.1 Å². The van der Waals surface area contributed by atoms with E-state index >= 15 is 0 Å². The zero-order valence-corrected chi connectivity index (χ0v) is 18.7. The maximum absolute atomic E-state index is 12.8. The molecule has 1 fully saturated rings. The standard InChI is InChI=1S/C25H26N6O2/c1-29-13-15-30(16-14-29)24(32)18-7-9-19(10-8-18)27-25-26-17-20-11-12-22(31(20)28-25)21-5-3-4-6-23(21)33-2/h3-12,17H,13-16H2,1-2H3,(H,27,28). The molecule has 0 atom stereocenters. The van der Waals surface area contributed by atoms with Crippen LogP contribution in [-0.2, 0) is 0 Å². The average molecular weight is 443 g/mol. The summed E-state index contributed by atoms with van der Waals surface area (Å²) in [4.78, 5) is 21.3. The molecule has 0 spiro atoms. The Hall–Kier alpha value is -3.91. The first kappa shape index (κ1) is 21.0. The summed E-state index contributed by atoms with van der Waals surface area (Å²) in [5, 5.41) is 7.92. The summed E-state index contributed by atoms with van der Waals surface area (Å²) in [7, 11) is 3.74. The fourth-order valence-corrected chi connectivity index (χ4v) is 4.04. The number of para-hydroxylation sites is 1. The molecule has 4 aromatic rings. The lowest BCUT2D eigenvalue weighted by molar-refractivity contribution is 0.0664. The van der Waals surface area contributed by atoms with Gasteiger partial charge in [0.25, 0.3) is 5.91 Å². The van der Waals surface area contributed by atoms with Gasteiger partial charge in [0.1, 0.15) is 5.75 Å². The molecule has 8 nitrogen and oxygen atoms in total. The minimum absolute atomic E-state index is 0.0705. The second-order valence-corrected chi connectivity index (χ2v) is 8.14. The lowest BCUT2D eigenvalue weighted by atomic mass is 10.1. The number of methoxy groups -OCH3 is 1. The number of carbonyl (C=O) groups excluding carboxylic acids is 1. The molecule has 1 amide bonds. The fourth-order valence-electron chi connectivity index (χ4n) is 4.04. The summed E-state index contributed by atoms with van der Waals surface area (Å²) in [6.07, 6.45) is 1.78. The molecule has 2 aromatic carbocycles. The van der Waals surface area contributed by atoms with Gasteiger partial charge in [-0.15, -0.1) is 5.10 Å². The second-order valence-electron chi connectivity index (χ2n) is 8.14. The average Bonchev–Trinajstić information content (AvgIpc) is 3.27. The highest BCUT2D eigenvalue weighted by Gasteiger charge is 2.20. The fraction of sp³-hybridized carbons (Fsp3) is 0.240. The molecule has 0 aliphatic carbocycles. The molecular weight excluding hydrogens is 416 g/mol. The molecular formula is C25H26N6O2. The molecule has 2 aromatic heterocycles. The second kappa shape index (κ2) is 8.91. The van der Waals surface area contributed by atoms with Crippen LogP contribution in [0.1, 0.15) is 10.4 Å². The zero-order chi connectivity index (χ0) is 22.8. The molecule has 0 saturated carbocycles. The molecule has 1 N–H and O–H groups in total. The molecule has 0 unspecified atom stereocenters. The van der Waals surface area contributed by atoms with Crippen molar-refractivity contribution < 1.29 is 9.53 Å². The van der Waals surface area contributed by atoms with Gasteiger partial charge in [-0.05, 0) is 55.6 Å². The summed E-state index contributed by atoms with van der Waals surface area (Å²) < 4.78 is 7.36. The summed E-state index contributed by atoms with van der Waals surface area (Å²) >= 11 is 0. The third-order valence-electron chi connectivity index (χ3n) is 5.96. The maximum atomic E-state index is 12.8. The van der Waals surface area contributed by atoms with Crippen molar-refractivity contribution in [3.63, 3.8) is 0 Å². The largest absolute Gasteiger partial charge is 0.496 e. The van der Waals surface area contributed by atoms with E-state index in [2.05, 4.69) is 27.3 Å². The highest BCUT2D eigenvalue weighted by molar-refractivity contribution is 5.94. The highest BCUT2D eigenvalue weighted by Crippen LogP contribution is 2.30. The van der Waals surface area contributed by atoms with Crippen LogP contribution in [0.5, 0.6) is 5.75 Å². The van der Waals surface area contributed by atoms with Crippen LogP contribution < -0.4 is 10.1 Å². The predicted molar refractivity (Wildman–Crippen MR) is 128 cm³/mol. The molecule has 1 aliphatic heterocycles. The van der Waals surface area contributed by atoms with Crippen molar-refractivity contribution in [2.45, 2.75) is 0 Å². The van der Waals surface area contributed by atoms with Gasteiger partial charge in [0.15, 0.2) is 0 Å². The number of carbonyl (C=O) groups is 1. The Morgan fingerprint density at radius 2 is 1.73 bits per heavy atom. The number of nitrogens with one attached hydrogen (secondary N) is 1. The molecule has 8 heteroatoms. The summed E-state index contributed by atoms with van der Waals surface area (Å²) in [6, 6.07) is 19.3. The Morgan fingerprint density at radius 1 is 0.970 bits per heavy atom. The van der Waals surface area contributed by atoms with Crippen molar-refractivity contribution >= 4 is 23.1 Å². The number of aromatic nitrogens is 3. The Balaban J connectivity index is 1.36. The molecule has 0 bridgehead atoms. The Labute approximate surface area is 192 Å². The van der Waals surface area contributed by atoms with Crippen LogP contribution in [0.3, 0.4) is 0 Å². The number of hydrogen-bond donors (Lipinski definition) is 1. The molecule has 1 aliphatic rings.